The van der Waals surface area contributed by atoms with Gasteiger partial charge in [0.2, 0.25) is 0 Å². The van der Waals surface area contributed by atoms with E-state index in [1.54, 1.807) is 11.3 Å². The molecule has 1 heterocycles. The van der Waals surface area contributed by atoms with Gasteiger partial charge in [-0.3, -0.25) is 0 Å². The quantitative estimate of drug-likeness (QED) is 0.896. The van der Waals surface area contributed by atoms with E-state index in [4.69, 9.17) is 11.6 Å². The lowest BCUT2D eigenvalue weighted by atomic mass is 9.76. The number of aryl methyl sites for hydroxylation is 1. The molecule has 1 aromatic heterocycles. The van der Waals surface area contributed by atoms with Crippen molar-refractivity contribution < 1.29 is 0 Å². The smallest absolute Gasteiger partial charge is 0.0897 e. The molecule has 2 nitrogen and oxygen atoms in total. The Morgan fingerprint density at radius 1 is 1.35 bits per heavy atom. The number of hydrogen-bond acceptors (Lipinski definition) is 3. The fourth-order valence-corrected chi connectivity index (χ4v) is 3.71. The van der Waals surface area contributed by atoms with Crippen LogP contribution in [0.4, 0.5) is 0 Å². The highest BCUT2D eigenvalue weighted by Crippen LogP contribution is 2.39. The summed E-state index contributed by atoms with van der Waals surface area (Å²) in [6, 6.07) is 8.85. The van der Waals surface area contributed by atoms with Gasteiger partial charge in [-0.2, -0.15) is 0 Å². The van der Waals surface area contributed by atoms with E-state index in [0.29, 0.717) is 12.0 Å². The summed E-state index contributed by atoms with van der Waals surface area (Å²) < 4.78 is 0. The summed E-state index contributed by atoms with van der Waals surface area (Å²) in [7, 11) is 0. The lowest BCUT2D eigenvalue weighted by molar-refractivity contribution is 0.292. The average Bonchev–Trinajstić information content (AvgIpc) is 2.79. The van der Waals surface area contributed by atoms with Crippen molar-refractivity contribution in [1.82, 2.24) is 10.3 Å². The molecule has 4 heteroatoms. The number of nitrogens with zero attached hydrogens (tertiary/aromatic N) is 1. The molecule has 20 heavy (non-hydrogen) atoms. The molecule has 0 aliphatic heterocycles. The van der Waals surface area contributed by atoms with Crippen LogP contribution in [0.3, 0.4) is 0 Å². The maximum Gasteiger partial charge on any atom is 0.0897 e. The molecule has 1 aliphatic rings. The van der Waals surface area contributed by atoms with Gasteiger partial charge in [-0.15, -0.1) is 11.3 Å². The molecular weight excluding hydrogens is 288 g/mol. The molecule has 1 aliphatic carbocycles. The highest BCUT2D eigenvalue weighted by molar-refractivity contribution is 7.09. The van der Waals surface area contributed by atoms with Gasteiger partial charge >= 0.3 is 0 Å². The molecule has 0 bridgehead atoms. The SMILES string of the molecule is Cc1nc(CCNC2CC(c3ccccc3Cl)C2)cs1. The van der Waals surface area contributed by atoms with Crippen LogP contribution in [0.2, 0.25) is 5.02 Å². The second kappa shape index (κ2) is 6.25. The average molecular weight is 307 g/mol. The minimum absolute atomic E-state index is 0.628. The Balaban J connectivity index is 1.41. The first-order chi connectivity index (χ1) is 9.72. The van der Waals surface area contributed by atoms with Gasteiger partial charge < -0.3 is 5.32 Å². The van der Waals surface area contributed by atoms with Crippen LogP contribution in [0.5, 0.6) is 0 Å². The minimum atomic E-state index is 0.628. The zero-order valence-electron chi connectivity index (χ0n) is 11.6. The van der Waals surface area contributed by atoms with Gasteiger partial charge in [0.1, 0.15) is 0 Å². The van der Waals surface area contributed by atoms with Crippen molar-refractivity contribution in [2.75, 3.05) is 6.54 Å². The largest absolute Gasteiger partial charge is 0.314 e. The van der Waals surface area contributed by atoms with Crippen LogP contribution >= 0.6 is 22.9 Å². The van der Waals surface area contributed by atoms with E-state index in [9.17, 15) is 0 Å². The van der Waals surface area contributed by atoms with Gasteiger partial charge in [0, 0.05) is 29.4 Å². The predicted octanol–water partition coefficient (Wildman–Crippen LogP) is 4.18. The first-order valence-corrected chi connectivity index (χ1v) is 8.37. The van der Waals surface area contributed by atoms with Gasteiger partial charge in [-0.25, -0.2) is 4.98 Å². The molecule has 1 N–H and O–H groups in total. The van der Waals surface area contributed by atoms with E-state index >= 15 is 0 Å². The van der Waals surface area contributed by atoms with Crippen molar-refractivity contribution in [2.24, 2.45) is 0 Å². The van der Waals surface area contributed by atoms with Gasteiger partial charge in [0.15, 0.2) is 0 Å². The number of thiazole rings is 1. The second-order valence-corrected chi connectivity index (χ2v) is 6.92. The van der Waals surface area contributed by atoms with Crippen molar-refractivity contribution in [3.63, 3.8) is 0 Å². The second-order valence-electron chi connectivity index (χ2n) is 5.45. The first-order valence-electron chi connectivity index (χ1n) is 7.11. The predicted molar refractivity (Wildman–Crippen MR) is 85.8 cm³/mol. The zero-order valence-corrected chi connectivity index (χ0v) is 13.2. The van der Waals surface area contributed by atoms with Gasteiger partial charge in [-0.05, 0) is 37.3 Å². The molecule has 1 aromatic carbocycles. The van der Waals surface area contributed by atoms with E-state index in [-0.39, 0.29) is 0 Å². The number of nitrogens with one attached hydrogen (secondary N) is 1. The van der Waals surface area contributed by atoms with Crippen LogP contribution < -0.4 is 5.32 Å². The lowest BCUT2D eigenvalue weighted by Crippen LogP contribution is -2.41. The Kier molecular flexibility index (Phi) is 4.39. The summed E-state index contributed by atoms with van der Waals surface area (Å²) in [5.41, 5.74) is 2.52. The highest BCUT2D eigenvalue weighted by Gasteiger charge is 2.30. The molecule has 0 radical (unpaired) electrons. The van der Waals surface area contributed by atoms with Crippen molar-refractivity contribution in [2.45, 2.75) is 38.1 Å². The maximum atomic E-state index is 6.24. The van der Waals surface area contributed by atoms with Crippen LogP contribution in [-0.4, -0.2) is 17.6 Å². The van der Waals surface area contributed by atoms with E-state index < -0.39 is 0 Å². The summed E-state index contributed by atoms with van der Waals surface area (Å²) in [5, 5.41) is 7.84. The third kappa shape index (κ3) is 3.22. The molecule has 0 atom stereocenters. The molecule has 1 saturated carbocycles. The lowest BCUT2D eigenvalue weighted by Gasteiger charge is -2.36. The molecule has 1 fully saturated rings. The number of hydrogen-bond donors (Lipinski definition) is 1. The normalized spacial score (nSPS) is 21.7. The summed E-state index contributed by atoms with van der Waals surface area (Å²) >= 11 is 7.97. The third-order valence-corrected chi connectivity index (χ3v) is 5.13. The van der Waals surface area contributed by atoms with Crippen LogP contribution in [0.1, 0.15) is 35.0 Å². The minimum Gasteiger partial charge on any atom is -0.314 e. The van der Waals surface area contributed by atoms with E-state index in [2.05, 4.69) is 34.7 Å². The van der Waals surface area contributed by atoms with Gasteiger partial charge in [-0.1, -0.05) is 29.8 Å². The molecule has 0 amide bonds. The molecule has 0 unspecified atom stereocenters. The van der Waals surface area contributed by atoms with E-state index in [0.717, 1.165) is 23.0 Å². The van der Waals surface area contributed by atoms with Crippen molar-refractivity contribution in [1.29, 1.82) is 0 Å². The Labute approximate surface area is 129 Å². The number of aromatic nitrogens is 1. The Hall–Kier alpha value is -0.900. The maximum absolute atomic E-state index is 6.24. The molecule has 106 valence electrons. The molecule has 0 spiro atoms. The van der Waals surface area contributed by atoms with Crippen molar-refractivity contribution in [3.05, 3.63) is 50.9 Å². The van der Waals surface area contributed by atoms with Crippen molar-refractivity contribution in [3.8, 4) is 0 Å². The summed E-state index contributed by atoms with van der Waals surface area (Å²) in [5.74, 6) is 0.628. The van der Waals surface area contributed by atoms with Crippen LogP contribution in [0, 0.1) is 6.92 Å². The summed E-state index contributed by atoms with van der Waals surface area (Å²) in [4.78, 5) is 4.49. The van der Waals surface area contributed by atoms with Crippen molar-refractivity contribution >= 4 is 22.9 Å². The van der Waals surface area contributed by atoms with Crippen LogP contribution in [0.25, 0.3) is 0 Å². The molecule has 2 aromatic rings. The van der Waals surface area contributed by atoms with Gasteiger partial charge in [0.05, 0.1) is 10.7 Å². The fourth-order valence-electron chi connectivity index (χ4n) is 2.77. The standard InChI is InChI=1S/C16H19ClN2S/c1-11-19-13(10-20-11)6-7-18-14-8-12(9-14)15-4-2-3-5-16(15)17/h2-5,10,12,14,18H,6-9H2,1H3. The topological polar surface area (TPSA) is 24.9 Å². The Bertz CT molecular complexity index is 575. The third-order valence-electron chi connectivity index (χ3n) is 3.96. The Morgan fingerprint density at radius 2 is 2.15 bits per heavy atom. The summed E-state index contributed by atoms with van der Waals surface area (Å²) in [6.07, 6.45) is 3.41. The molecular formula is C16H19ClN2S. The number of benzene rings is 1. The fraction of sp³-hybridized carbons (Fsp3) is 0.438. The van der Waals surface area contributed by atoms with Gasteiger partial charge in [0.25, 0.3) is 0 Å². The van der Waals surface area contributed by atoms with E-state index in [1.165, 1.54) is 24.1 Å². The number of halogens is 1. The van der Waals surface area contributed by atoms with E-state index in [1.807, 2.05) is 12.1 Å². The molecule has 0 saturated heterocycles. The monoisotopic (exact) mass is 306 g/mol. The zero-order chi connectivity index (χ0) is 13.9. The van der Waals surface area contributed by atoms with Crippen LogP contribution in [0.15, 0.2) is 29.6 Å². The van der Waals surface area contributed by atoms with Crippen LogP contribution in [-0.2, 0) is 6.42 Å². The highest BCUT2D eigenvalue weighted by atomic mass is 35.5. The summed E-state index contributed by atoms with van der Waals surface area (Å²) in [6.45, 7) is 3.07. The Morgan fingerprint density at radius 3 is 2.85 bits per heavy atom. The first kappa shape index (κ1) is 14.1. The number of rotatable bonds is 5. The molecule has 3 rings (SSSR count).